The van der Waals surface area contributed by atoms with E-state index in [4.69, 9.17) is 0 Å². The van der Waals surface area contributed by atoms with Crippen molar-refractivity contribution in [1.29, 1.82) is 0 Å². The highest BCUT2D eigenvalue weighted by Gasteiger charge is 2.27. The van der Waals surface area contributed by atoms with Crippen molar-refractivity contribution in [2.75, 3.05) is 5.32 Å². The Labute approximate surface area is 104 Å². The Morgan fingerprint density at radius 1 is 1.24 bits per heavy atom. The minimum Gasteiger partial charge on any atom is -0.380 e. The molecule has 1 fully saturated rings. The average molecular weight is 235 g/mol. The molecule has 2 unspecified atom stereocenters. The van der Waals surface area contributed by atoms with E-state index in [0.717, 1.165) is 11.6 Å². The second-order valence-electron chi connectivity index (χ2n) is 6.40. The van der Waals surface area contributed by atoms with Gasteiger partial charge in [-0.15, -0.1) is 0 Å². The third-order valence-electron chi connectivity index (χ3n) is 4.06. The van der Waals surface area contributed by atoms with Gasteiger partial charge in [-0.3, -0.25) is 5.10 Å². The second kappa shape index (κ2) is 5.11. The van der Waals surface area contributed by atoms with E-state index in [9.17, 15) is 0 Å². The molecule has 0 aliphatic heterocycles. The van der Waals surface area contributed by atoms with E-state index in [2.05, 4.69) is 36.3 Å². The first-order chi connectivity index (χ1) is 8.05. The maximum Gasteiger partial charge on any atom is 0.0725 e. The number of nitrogens with zero attached hydrogens (tertiary/aromatic N) is 1. The zero-order valence-corrected chi connectivity index (χ0v) is 11.3. The molecule has 1 saturated carbocycles. The summed E-state index contributed by atoms with van der Waals surface area (Å²) in [6.07, 6.45) is 10.5. The monoisotopic (exact) mass is 235 g/mol. The van der Waals surface area contributed by atoms with Gasteiger partial charge < -0.3 is 5.32 Å². The normalized spacial score (nSPS) is 26.5. The predicted molar refractivity (Wildman–Crippen MR) is 72.0 cm³/mol. The van der Waals surface area contributed by atoms with Crippen molar-refractivity contribution < 1.29 is 0 Å². The van der Waals surface area contributed by atoms with E-state index in [1.165, 1.54) is 32.1 Å². The van der Waals surface area contributed by atoms with E-state index in [1.54, 1.807) is 0 Å². The lowest BCUT2D eigenvalue weighted by molar-refractivity contribution is 0.214. The van der Waals surface area contributed by atoms with Crippen LogP contribution in [0.15, 0.2) is 12.4 Å². The molecule has 17 heavy (non-hydrogen) atoms. The molecule has 1 aliphatic rings. The summed E-state index contributed by atoms with van der Waals surface area (Å²) in [7, 11) is 0. The fourth-order valence-corrected chi connectivity index (χ4v) is 2.88. The Bertz CT molecular complexity index is 324. The fourth-order valence-electron chi connectivity index (χ4n) is 2.88. The van der Waals surface area contributed by atoms with E-state index in [0.29, 0.717) is 11.5 Å². The van der Waals surface area contributed by atoms with Crippen molar-refractivity contribution in [1.82, 2.24) is 10.2 Å². The molecular weight excluding hydrogens is 210 g/mol. The standard InChI is InChI=1S/C14H25N3/c1-14(2,3)11-5-4-6-12(8-7-11)17-13-9-15-16-10-13/h9-12,17H,4-8H2,1-3H3,(H,15,16). The molecule has 0 aromatic carbocycles. The molecule has 1 aliphatic carbocycles. The van der Waals surface area contributed by atoms with Crippen molar-refractivity contribution >= 4 is 5.69 Å². The van der Waals surface area contributed by atoms with Crippen LogP contribution in [-0.4, -0.2) is 16.2 Å². The Hall–Kier alpha value is -0.990. The number of H-pyrrole nitrogens is 1. The van der Waals surface area contributed by atoms with E-state index >= 15 is 0 Å². The Morgan fingerprint density at radius 3 is 2.71 bits per heavy atom. The molecule has 1 heterocycles. The van der Waals surface area contributed by atoms with Crippen LogP contribution in [0.25, 0.3) is 0 Å². The number of hydrogen-bond acceptors (Lipinski definition) is 2. The number of aromatic nitrogens is 2. The summed E-state index contributed by atoms with van der Waals surface area (Å²) >= 11 is 0. The van der Waals surface area contributed by atoms with Gasteiger partial charge in [0.2, 0.25) is 0 Å². The van der Waals surface area contributed by atoms with Crippen LogP contribution in [-0.2, 0) is 0 Å². The van der Waals surface area contributed by atoms with Gasteiger partial charge in [0.1, 0.15) is 0 Å². The van der Waals surface area contributed by atoms with Crippen LogP contribution in [0, 0.1) is 11.3 Å². The summed E-state index contributed by atoms with van der Waals surface area (Å²) in [6, 6.07) is 0.625. The van der Waals surface area contributed by atoms with Crippen LogP contribution >= 0.6 is 0 Å². The van der Waals surface area contributed by atoms with Gasteiger partial charge in [-0.05, 0) is 37.0 Å². The molecule has 2 rings (SSSR count). The van der Waals surface area contributed by atoms with Gasteiger partial charge in [0.05, 0.1) is 11.9 Å². The third-order valence-corrected chi connectivity index (χ3v) is 4.06. The zero-order chi connectivity index (χ0) is 12.3. The Balaban J connectivity index is 1.88. The van der Waals surface area contributed by atoms with E-state index in [1.807, 2.05) is 12.4 Å². The summed E-state index contributed by atoms with van der Waals surface area (Å²) in [4.78, 5) is 0. The number of rotatable bonds is 2. The highest BCUT2D eigenvalue weighted by atomic mass is 15.1. The minimum atomic E-state index is 0.463. The maximum atomic E-state index is 3.98. The molecule has 0 radical (unpaired) electrons. The van der Waals surface area contributed by atoms with Crippen molar-refractivity contribution in [3.8, 4) is 0 Å². The molecule has 0 spiro atoms. The van der Waals surface area contributed by atoms with Gasteiger partial charge in [-0.25, -0.2) is 0 Å². The van der Waals surface area contributed by atoms with E-state index < -0.39 is 0 Å². The van der Waals surface area contributed by atoms with Gasteiger partial charge in [0.15, 0.2) is 0 Å². The third kappa shape index (κ3) is 3.48. The molecule has 2 atom stereocenters. The van der Waals surface area contributed by atoms with E-state index in [-0.39, 0.29) is 0 Å². The Morgan fingerprint density at radius 2 is 2.06 bits per heavy atom. The molecule has 1 aromatic rings. The average Bonchev–Trinajstić information content (AvgIpc) is 2.61. The quantitative estimate of drug-likeness (QED) is 0.765. The lowest BCUT2D eigenvalue weighted by Crippen LogP contribution is -2.21. The number of aromatic amines is 1. The van der Waals surface area contributed by atoms with Gasteiger partial charge in [-0.2, -0.15) is 5.10 Å². The smallest absolute Gasteiger partial charge is 0.0725 e. The molecule has 3 nitrogen and oxygen atoms in total. The van der Waals surface area contributed by atoms with Gasteiger partial charge in [0, 0.05) is 12.2 Å². The number of anilines is 1. The summed E-state index contributed by atoms with van der Waals surface area (Å²) in [5.74, 6) is 0.874. The first-order valence-corrected chi connectivity index (χ1v) is 6.81. The number of hydrogen-bond donors (Lipinski definition) is 2. The van der Waals surface area contributed by atoms with Gasteiger partial charge >= 0.3 is 0 Å². The highest BCUT2D eigenvalue weighted by molar-refractivity contribution is 5.38. The van der Waals surface area contributed by atoms with Crippen LogP contribution in [0.2, 0.25) is 0 Å². The van der Waals surface area contributed by atoms with Crippen molar-refractivity contribution in [2.45, 2.75) is 58.9 Å². The predicted octanol–water partition coefficient (Wildman–Crippen LogP) is 3.82. The lowest BCUT2D eigenvalue weighted by atomic mass is 9.76. The first kappa shape index (κ1) is 12.5. The van der Waals surface area contributed by atoms with Crippen LogP contribution < -0.4 is 5.32 Å². The van der Waals surface area contributed by atoms with Crippen molar-refractivity contribution in [3.05, 3.63) is 12.4 Å². The number of nitrogens with one attached hydrogen (secondary N) is 2. The highest BCUT2D eigenvalue weighted by Crippen LogP contribution is 2.37. The fraction of sp³-hybridized carbons (Fsp3) is 0.786. The summed E-state index contributed by atoms with van der Waals surface area (Å²) < 4.78 is 0. The van der Waals surface area contributed by atoms with Crippen LogP contribution in [0.1, 0.15) is 52.9 Å². The van der Waals surface area contributed by atoms with Crippen LogP contribution in [0.4, 0.5) is 5.69 Å². The summed E-state index contributed by atoms with van der Waals surface area (Å²) in [5, 5.41) is 10.4. The molecule has 96 valence electrons. The Kier molecular flexibility index (Phi) is 3.75. The lowest BCUT2D eigenvalue weighted by Gasteiger charge is -2.29. The molecule has 3 heteroatoms. The molecular formula is C14H25N3. The maximum absolute atomic E-state index is 3.98. The van der Waals surface area contributed by atoms with Gasteiger partial charge in [-0.1, -0.05) is 27.2 Å². The topological polar surface area (TPSA) is 40.7 Å². The summed E-state index contributed by atoms with van der Waals surface area (Å²) in [5.41, 5.74) is 1.59. The van der Waals surface area contributed by atoms with Crippen molar-refractivity contribution in [3.63, 3.8) is 0 Å². The molecule has 0 saturated heterocycles. The minimum absolute atomic E-state index is 0.463. The SMILES string of the molecule is CC(C)(C)C1CCCC(Nc2cn[nH]c2)CC1. The largest absolute Gasteiger partial charge is 0.380 e. The van der Waals surface area contributed by atoms with Crippen LogP contribution in [0.3, 0.4) is 0 Å². The second-order valence-corrected chi connectivity index (χ2v) is 6.40. The van der Waals surface area contributed by atoms with Gasteiger partial charge in [0.25, 0.3) is 0 Å². The van der Waals surface area contributed by atoms with Crippen molar-refractivity contribution in [2.24, 2.45) is 11.3 Å². The molecule has 1 aromatic heterocycles. The van der Waals surface area contributed by atoms with Crippen LogP contribution in [0.5, 0.6) is 0 Å². The summed E-state index contributed by atoms with van der Waals surface area (Å²) in [6.45, 7) is 7.13. The molecule has 0 bridgehead atoms. The first-order valence-electron chi connectivity index (χ1n) is 6.81. The molecule has 2 N–H and O–H groups in total. The zero-order valence-electron chi connectivity index (χ0n) is 11.3. The molecule has 0 amide bonds.